The normalized spacial score (nSPS) is 18.2. The predicted octanol–water partition coefficient (Wildman–Crippen LogP) is 2.10. The standard InChI is InChI=1S/C14H32N2O/c1-12(13(2,3)4)16(7)10-8-9-14(5,11-17)15-6/h12,15,17H,8-11H2,1-7H3. The maximum absolute atomic E-state index is 9.31. The summed E-state index contributed by atoms with van der Waals surface area (Å²) < 4.78 is 0. The highest BCUT2D eigenvalue weighted by Crippen LogP contribution is 2.23. The number of hydrogen-bond donors (Lipinski definition) is 2. The van der Waals surface area contributed by atoms with Crippen molar-refractivity contribution in [1.82, 2.24) is 10.2 Å². The monoisotopic (exact) mass is 244 g/mol. The first-order valence-electron chi connectivity index (χ1n) is 6.66. The molecule has 2 N–H and O–H groups in total. The highest BCUT2D eigenvalue weighted by molar-refractivity contribution is 4.82. The average Bonchev–Trinajstić information content (AvgIpc) is 2.26. The van der Waals surface area contributed by atoms with Gasteiger partial charge < -0.3 is 15.3 Å². The molecule has 2 unspecified atom stereocenters. The topological polar surface area (TPSA) is 35.5 Å². The lowest BCUT2D eigenvalue weighted by atomic mass is 9.87. The molecule has 0 aliphatic rings. The predicted molar refractivity (Wildman–Crippen MR) is 75.3 cm³/mol. The molecule has 3 nitrogen and oxygen atoms in total. The second-order valence-electron chi connectivity index (χ2n) is 6.59. The minimum Gasteiger partial charge on any atom is -0.394 e. The highest BCUT2D eigenvalue weighted by Gasteiger charge is 2.25. The Morgan fingerprint density at radius 2 is 1.76 bits per heavy atom. The van der Waals surface area contributed by atoms with Gasteiger partial charge in [0, 0.05) is 11.6 Å². The third-order valence-corrected chi connectivity index (χ3v) is 4.11. The summed E-state index contributed by atoms with van der Waals surface area (Å²) in [5, 5.41) is 12.5. The Morgan fingerprint density at radius 3 is 2.12 bits per heavy atom. The van der Waals surface area contributed by atoms with Gasteiger partial charge >= 0.3 is 0 Å². The minimum atomic E-state index is -0.133. The Bertz CT molecular complexity index is 207. The maximum Gasteiger partial charge on any atom is 0.0610 e. The maximum atomic E-state index is 9.31. The van der Waals surface area contributed by atoms with E-state index < -0.39 is 0 Å². The first-order valence-corrected chi connectivity index (χ1v) is 6.66. The van der Waals surface area contributed by atoms with Gasteiger partial charge in [0.15, 0.2) is 0 Å². The number of nitrogens with zero attached hydrogens (tertiary/aromatic N) is 1. The Hall–Kier alpha value is -0.120. The molecular formula is C14H32N2O. The number of likely N-dealkylation sites (N-methyl/N-ethyl adjacent to an activating group) is 1. The van der Waals surface area contributed by atoms with Crippen LogP contribution in [-0.2, 0) is 0 Å². The molecule has 0 saturated heterocycles. The summed E-state index contributed by atoms with van der Waals surface area (Å²) in [7, 11) is 4.10. The number of rotatable bonds is 7. The lowest BCUT2D eigenvalue weighted by molar-refractivity contribution is 0.126. The molecule has 104 valence electrons. The van der Waals surface area contributed by atoms with Crippen LogP contribution in [0.3, 0.4) is 0 Å². The summed E-state index contributed by atoms with van der Waals surface area (Å²) in [4.78, 5) is 2.41. The molecule has 0 rings (SSSR count). The largest absolute Gasteiger partial charge is 0.394 e. The quantitative estimate of drug-likeness (QED) is 0.720. The van der Waals surface area contributed by atoms with E-state index in [1.165, 1.54) is 0 Å². The number of nitrogens with one attached hydrogen (secondary N) is 1. The molecule has 0 aliphatic heterocycles. The van der Waals surface area contributed by atoms with Gasteiger partial charge in [0.05, 0.1) is 6.61 Å². The van der Waals surface area contributed by atoms with Crippen molar-refractivity contribution in [3.8, 4) is 0 Å². The first-order chi connectivity index (χ1) is 7.66. The summed E-state index contributed by atoms with van der Waals surface area (Å²) in [6.45, 7) is 12.5. The molecule has 3 heteroatoms. The van der Waals surface area contributed by atoms with E-state index in [1.54, 1.807) is 0 Å². The van der Waals surface area contributed by atoms with Crippen LogP contribution in [0.1, 0.15) is 47.5 Å². The van der Waals surface area contributed by atoms with Crippen LogP contribution in [0.5, 0.6) is 0 Å². The van der Waals surface area contributed by atoms with Crippen molar-refractivity contribution < 1.29 is 5.11 Å². The van der Waals surface area contributed by atoms with Gasteiger partial charge in [-0.05, 0) is 52.7 Å². The third-order valence-electron chi connectivity index (χ3n) is 4.11. The summed E-state index contributed by atoms with van der Waals surface area (Å²) in [6.07, 6.45) is 2.11. The van der Waals surface area contributed by atoms with E-state index >= 15 is 0 Å². The van der Waals surface area contributed by atoms with Gasteiger partial charge in [-0.25, -0.2) is 0 Å². The van der Waals surface area contributed by atoms with E-state index in [0.717, 1.165) is 19.4 Å². The van der Waals surface area contributed by atoms with Crippen LogP contribution in [0.25, 0.3) is 0 Å². The van der Waals surface area contributed by atoms with Crippen molar-refractivity contribution in [2.75, 3.05) is 27.2 Å². The molecule has 0 aliphatic carbocycles. The molecule has 0 aromatic heterocycles. The molecule has 17 heavy (non-hydrogen) atoms. The van der Waals surface area contributed by atoms with Gasteiger partial charge in [0.2, 0.25) is 0 Å². The molecule has 0 bridgehead atoms. The van der Waals surface area contributed by atoms with Gasteiger partial charge in [-0.2, -0.15) is 0 Å². The van der Waals surface area contributed by atoms with E-state index in [-0.39, 0.29) is 12.1 Å². The van der Waals surface area contributed by atoms with E-state index in [2.05, 4.69) is 51.9 Å². The van der Waals surface area contributed by atoms with Crippen molar-refractivity contribution in [3.05, 3.63) is 0 Å². The fourth-order valence-electron chi connectivity index (χ4n) is 1.86. The average molecular weight is 244 g/mol. The lowest BCUT2D eigenvalue weighted by Crippen LogP contribution is -2.45. The SMILES string of the molecule is CNC(C)(CO)CCCN(C)C(C)C(C)(C)C. The zero-order valence-corrected chi connectivity index (χ0v) is 12.8. The van der Waals surface area contributed by atoms with E-state index in [0.29, 0.717) is 11.5 Å². The van der Waals surface area contributed by atoms with Crippen LogP contribution < -0.4 is 5.32 Å². The van der Waals surface area contributed by atoms with Crippen molar-refractivity contribution in [2.24, 2.45) is 5.41 Å². The summed E-state index contributed by atoms with van der Waals surface area (Å²) in [5.74, 6) is 0. The minimum absolute atomic E-state index is 0.133. The van der Waals surface area contributed by atoms with Gasteiger partial charge in [-0.3, -0.25) is 0 Å². The van der Waals surface area contributed by atoms with Gasteiger partial charge in [0.25, 0.3) is 0 Å². The smallest absolute Gasteiger partial charge is 0.0610 e. The van der Waals surface area contributed by atoms with Crippen molar-refractivity contribution >= 4 is 0 Å². The summed E-state index contributed by atoms with van der Waals surface area (Å²) in [5.41, 5.74) is 0.184. The van der Waals surface area contributed by atoms with Crippen LogP contribution in [0, 0.1) is 5.41 Å². The number of aliphatic hydroxyl groups excluding tert-OH is 1. The second kappa shape index (κ2) is 6.72. The Balaban J connectivity index is 4.05. The van der Waals surface area contributed by atoms with Gasteiger partial charge in [-0.1, -0.05) is 20.8 Å². The summed E-state index contributed by atoms with van der Waals surface area (Å²) in [6, 6.07) is 0.567. The molecule has 0 amide bonds. The molecule has 0 radical (unpaired) electrons. The zero-order valence-electron chi connectivity index (χ0n) is 12.8. The van der Waals surface area contributed by atoms with Crippen molar-refractivity contribution in [3.63, 3.8) is 0 Å². The molecule has 0 fully saturated rings. The van der Waals surface area contributed by atoms with Crippen LogP contribution in [-0.4, -0.2) is 48.8 Å². The van der Waals surface area contributed by atoms with Crippen LogP contribution in [0.4, 0.5) is 0 Å². The third kappa shape index (κ3) is 5.84. The molecule has 0 aromatic rings. The molecule has 0 aromatic carbocycles. The Labute approximate surface area is 108 Å². The van der Waals surface area contributed by atoms with Gasteiger partial charge in [0.1, 0.15) is 0 Å². The molecule has 0 heterocycles. The highest BCUT2D eigenvalue weighted by atomic mass is 16.3. The molecule has 0 spiro atoms. The Kier molecular flexibility index (Phi) is 6.67. The zero-order chi connectivity index (χ0) is 13.7. The van der Waals surface area contributed by atoms with E-state index in [9.17, 15) is 5.11 Å². The van der Waals surface area contributed by atoms with Crippen LogP contribution in [0.2, 0.25) is 0 Å². The lowest BCUT2D eigenvalue weighted by Gasteiger charge is -2.36. The molecule has 0 saturated carbocycles. The van der Waals surface area contributed by atoms with Crippen molar-refractivity contribution in [2.45, 2.75) is 59.0 Å². The van der Waals surface area contributed by atoms with E-state index in [4.69, 9.17) is 0 Å². The fourth-order valence-corrected chi connectivity index (χ4v) is 1.86. The number of aliphatic hydroxyl groups is 1. The molecule has 2 atom stereocenters. The van der Waals surface area contributed by atoms with Crippen molar-refractivity contribution in [1.29, 1.82) is 0 Å². The van der Waals surface area contributed by atoms with Gasteiger partial charge in [-0.15, -0.1) is 0 Å². The first kappa shape index (κ1) is 16.9. The summed E-state index contributed by atoms with van der Waals surface area (Å²) >= 11 is 0. The molecular weight excluding hydrogens is 212 g/mol. The van der Waals surface area contributed by atoms with E-state index in [1.807, 2.05) is 7.05 Å². The number of hydrogen-bond acceptors (Lipinski definition) is 3. The fraction of sp³-hybridized carbons (Fsp3) is 1.00. The Morgan fingerprint density at radius 1 is 1.24 bits per heavy atom. The van der Waals surface area contributed by atoms with Crippen LogP contribution >= 0.6 is 0 Å². The van der Waals surface area contributed by atoms with Crippen LogP contribution in [0.15, 0.2) is 0 Å². The second-order valence-corrected chi connectivity index (χ2v) is 6.59.